The Balaban J connectivity index is 0.000000171. The molecule has 0 radical (unpaired) electrons. The second-order valence-electron chi connectivity index (χ2n) is 8.92. The van der Waals surface area contributed by atoms with Gasteiger partial charge in [0, 0.05) is 78.9 Å². The molecule has 0 saturated heterocycles. The summed E-state index contributed by atoms with van der Waals surface area (Å²) in [6.45, 7) is 0.537. The molecule has 0 aliphatic carbocycles. The van der Waals surface area contributed by atoms with Crippen LogP contribution in [0, 0.1) is 22.7 Å². The molecule has 6 heterocycles. The Kier molecular flexibility index (Phi) is 14.6. The lowest BCUT2D eigenvalue weighted by Gasteiger charge is -2.01. The maximum absolute atomic E-state index is 8.72. The fraction of sp³-hybridized carbons (Fsp3) is 0.0303. The molecule has 46 heavy (non-hydrogen) atoms. The largest absolute Gasteiger partial charge is 0.490 e. The minimum Gasteiger partial charge on any atom is -0.423 e. The molecule has 0 aliphatic heterocycles. The van der Waals surface area contributed by atoms with E-state index in [-0.39, 0.29) is 0 Å². The van der Waals surface area contributed by atoms with Gasteiger partial charge in [-0.3, -0.25) is 24.9 Å². The standard InChI is InChI=1S/C11H11N3.C11H7N3.C6H3ClN2.C5H6BNO2/c2*12-7-9-3-5-14-11(6-9)10-2-1-4-13-8-10;7-6-3-5(4-8)1-2-9-6;8-6(9)5-2-1-3-7-4-5/h1-6,8H,7,12H2;1-6,8H;1-3H;1-4,8-9H. The van der Waals surface area contributed by atoms with Gasteiger partial charge in [-0.05, 0) is 72.3 Å². The first-order chi connectivity index (χ1) is 22.4. The summed E-state index contributed by atoms with van der Waals surface area (Å²) in [6, 6.07) is 25.3. The van der Waals surface area contributed by atoms with E-state index in [2.05, 4.69) is 36.0 Å². The van der Waals surface area contributed by atoms with Crippen molar-refractivity contribution in [3.63, 3.8) is 0 Å². The van der Waals surface area contributed by atoms with Crippen LogP contribution in [-0.2, 0) is 6.54 Å². The summed E-state index contributed by atoms with van der Waals surface area (Å²) >= 11 is 5.46. The van der Waals surface area contributed by atoms with E-state index in [4.69, 9.17) is 37.9 Å². The molecule has 0 fully saturated rings. The Morgan fingerprint density at radius 2 is 1.17 bits per heavy atom. The first-order valence-corrected chi connectivity index (χ1v) is 13.9. The van der Waals surface area contributed by atoms with E-state index in [1.54, 1.807) is 73.7 Å². The Morgan fingerprint density at radius 3 is 1.61 bits per heavy atom. The van der Waals surface area contributed by atoms with Gasteiger partial charge < -0.3 is 15.8 Å². The zero-order valence-electron chi connectivity index (χ0n) is 24.3. The van der Waals surface area contributed by atoms with Crippen molar-refractivity contribution in [3.05, 3.63) is 150 Å². The number of rotatable bonds is 4. The van der Waals surface area contributed by atoms with Crippen molar-refractivity contribution in [2.45, 2.75) is 6.54 Å². The number of hydrogen-bond acceptors (Lipinski definition) is 11. The van der Waals surface area contributed by atoms with Crippen LogP contribution in [-0.4, -0.2) is 47.1 Å². The summed E-state index contributed by atoms with van der Waals surface area (Å²) in [5.41, 5.74) is 11.8. The van der Waals surface area contributed by atoms with Gasteiger partial charge in [0.2, 0.25) is 0 Å². The van der Waals surface area contributed by atoms with Crippen LogP contribution in [0.3, 0.4) is 0 Å². The quantitative estimate of drug-likeness (QED) is 0.189. The molecule has 226 valence electrons. The number of nitrogens with zero attached hydrogens (tertiary/aromatic N) is 8. The molecular weight excluding hydrogens is 601 g/mol. The van der Waals surface area contributed by atoms with Gasteiger partial charge in [-0.25, -0.2) is 4.98 Å². The summed E-state index contributed by atoms with van der Waals surface area (Å²) < 4.78 is 0. The molecule has 0 aliphatic rings. The average Bonchev–Trinajstić information content (AvgIpc) is 3.13. The van der Waals surface area contributed by atoms with Gasteiger partial charge in [-0.2, -0.15) is 10.5 Å². The molecule has 0 saturated carbocycles. The third-order valence-electron chi connectivity index (χ3n) is 5.70. The minimum atomic E-state index is -1.40. The molecule has 6 aromatic heterocycles. The fourth-order valence-corrected chi connectivity index (χ4v) is 3.62. The summed E-state index contributed by atoms with van der Waals surface area (Å²) in [5.74, 6) is 0. The van der Waals surface area contributed by atoms with Gasteiger partial charge in [0.1, 0.15) is 5.15 Å². The number of aromatic nitrogens is 6. The molecule has 0 spiro atoms. The van der Waals surface area contributed by atoms with Crippen molar-refractivity contribution in [2.24, 2.45) is 5.73 Å². The summed E-state index contributed by atoms with van der Waals surface area (Å²) in [5, 5.41) is 34.5. The zero-order chi connectivity index (χ0) is 33.0. The summed E-state index contributed by atoms with van der Waals surface area (Å²) in [7, 11) is -1.40. The fourth-order valence-electron chi connectivity index (χ4n) is 3.45. The molecule has 6 rings (SSSR count). The Morgan fingerprint density at radius 1 is 0.652 bits per heavy atom. The molecule has 0 bridgehead atoms. The monoisotopic (exact) mass is 627 g/mol. The zero-order valence-corrected chi connectivity index (χ0v) is 25.1. The lowest BCUT2D eigenvalue weighted by molar-refractivity contribution is 0.425. The maximum atomic E-state index is 8.72. The van der Waals surface area contributed by atoms with Crippen LogP contribution in [0.5, 0.6) is 0 Å². The minimum absolute atomic E-state index is 0.356. The molecule has 11 nitrogen and oxygen atoms in total. The van der Waals surface area contributed by atoms with E-state index in [1.807, 2.05) is 42.5 Å². The van der Waals surface area contributed by atoms with Crippen LogP contribution < -0.4 is 11.2 Å². The van der Waals surface area contributed by atoms with E-state index in [0.717, 1.165) is 28.1 Å². The van der Waals surface area contributed by atoms with Crippen molar-refractivity contribution >= 4 is 24.2 Å². The van der Waals surface area contributed by atoms with Crippen LogP contribution >= 0.6 is 11.6 Å². The van der Waals surface area contributed by atoms with E-state index in [0.29, 0.717) is 28.3 Å². The summed E-state index contributed by atoms with van der Waals surface area (Å²) in [4.78, 5) is 23.9. The molecule has 4 N–H and O–H groups in total. The molecule has 6 aromatic rings. The van der Waals surface area contributed by atoms with Gasteiger partial charge in [0.15, 0.2) is 0 Å². The van der Waals surface area contributed by atoms with E-state index >= 15 is 0 Å². The lowest BCUT2D eigenvalue weighted by Crippen LogP contribution is -2.29. The molecule has 0 amide bonds. The van der Waals surface area contributed by atoms with Crippen molar-refractivity contribution in [1.29, 1.82) is 10.5 Å². The van der Waals surface area contributed by atoms with Crippen molar-refractivity contribution < 1.29 is 10.0 Å². The van der Waals surface area contributed by atoms with Gasteiger partial charge in [0.25, 0.3) is 0 Å². The van der Waals surface area contributed by atoms with Gasteiger partial charge in [-0.1, -0.05) is 17.7 Å². The highest BCUT2D eigenvalue weighted by atomic mass is 35.5. The van der Waals surface area contributed by atoms with Crippen molar-refractivity contribution in [3.8, 4) is 34.7 Å². The number of pyridine rings is 6. The third-order valence-corrected chi connectivity index (χ3v) is 5.91. The first kappa shape index (κ1) is 34.6. The molecular formula is C33H27BClN9O2. The van der Waals surface area contributed by atoms with Gasteiger partial charge in [0.05, 0.1) is 34.7 Å². The molecule has 0 unspecified atom stereocenters. The Bertz CT molecular complexity index is 1860. The Labute approximate surface area is 271 Å². The topological polar surface area (TPSA) is 191 Å². The first-order valence-electron chi connectivity index (χ1n) is 13.5. The smallest absolute Gasteiger partial charge is 0.423 e. The van der Waals surface area contributed by atoms with Crippen LogP contribution in [0.4, 0.5) is 0 Å². The number of nitriles is 2. The van der Waals surface area contributed by atoms with Crippen LogP contribution in [0.15, 0.2) is 129 Å². The molecule has 0 atom stereocenters. The second kappa shape index (κ2) is 19.4. The third kappa shape index (κ3) is 12.0. The second-order valence-corrected chi connectivity index (χ2v) is 9.30. The highest BCUT2D eigenvalue weighted by Gasteiger charge is 2.08. The molecule has 0 aromatic carbocycles. The maximum Gasteiger partial charge on any atom is 0.490 e. The van der Waals surface area contributed by atoms with E-state index < -0.39 is 7.12 Å². The van der Waals surface area contributed by atoms with Crippen LogP contribution in [0.25, 0.3) is 22.5 Å². The highest BCUT2D eigenvalue weighted by Crippen LogP contribution is 2.16. The molecule has 13 heteroatoms. The van der Waals surface area contributed by atoms with Crippen molar-refractivity contribution in [1.82, 2.24) is 29.9 Å². The Hall–Kier alpha value is -5.89. The van der Waals surface area contributed by atoms with Gasteiger partial charge >= 0.3 is 7.12 Å². The van der Waals surface area contributed by atoms with Crippen LogP contribution in [0.1, 0.15) is 16.7 Å². The van der Waals surface area contributed by atoms with Gasteiger partial charge in [-0.15, -0.1) is 0 Å². The number of hydrogen-bond donors (Lipinski definition) is 3. The van der Waals surface area contributed by atoms with Crippen molar-refractivity contribution in [2.75, 3.05) is 0 Å². The summed E-state index contributed by atoms with van der Waals surface area (Å²) in [6.07, 6.45) is 14.9. The lowest BCUT2D eigenvalue weighted by atomic mass is 9.82. The van der Waals surface area contributed by atoms with E-state index in [9.17, 15) is 0 Å². The SMILES string of the molecule is N#Cc1ccnc(-c2cccnc2)c1.N#Cc1ccnc(Cl)c1.NCc1ccnc(-c2cccnc2)c1.OB(O)c1cccnc1. The van der Waals surface area contributed by atoms with E-state index in [1.165, 1.54) is 18.5 Å². The number of halogens is 1. The predicted octanol–water partition coefficient (Wildman–Crippen LogP) is 3.99. The number of nitrogens with two attached hydrogens (primary N) is 1. The predicted molar refractivity (Wildman–Crippen MR) is 176 cm³/mol. The van der Waals surface area contributed by atoms with Crippen LogP contribution in [0.2, 0.25) is 5.15 Å². The average molecular weight is 628 g/mol. The highest BCUT2D eigenvalue weighted by molar-refractivity contribution is 6.58. The normalized spacial score (nSPS) is 9.35.